The fraction of sp³-hybridized carbons (Fsp3) is 0.929. The van der Waals surface area contributed by atoms with Crippen molar-refractivity contribution in [3.05, 3.63) is 0 Å². The van der Waals surface area contributed by atoms with Crippen molar-refractivity contribution in [2.45, 2.75) is 39.5 Å². The minimum Gasteiger partial charge on any atom is -0.380 e. The second kappa shape index (κ2) is 5.47. The Morgan fingerprint density at radius 2 is 1.89 bits per heavy atom. The molecule has 1 aliphatic heterocycles. The van der Waals surface area contributed by atoms with Crippen molar-refractivity contribution in [3.63, 3.8) is 0 Å². The van der Waals surface area contributed by atoms with Crippen molar-refractivity contribution < 1.29 is 4.74 Å². The van der Waals surface area contributed by atoms with Gasteiger partial charge in [-0.3, -0.25) is 4.99 Å². The normalized spacial score (nSPS) is 24.9. The lowest BCUT2D eigenvalue weighted by Crippen LogP contribution is -2.52. The molecule has 0 bridgehead atoms. The first-order valence-corrected chi connectivity index (χ1v) is 7.14. The average molecular weight is 253 g/mol. The Bertz CT molecular complexity index is 301. The highest BCUT2D eigenvalue weighted by Gasteiger charge is 2.36. The number of aliphatic imine (C=N–C) groups is 1. The number of nitrogens with one attached hydrogen (secondary N) is 2. The molecule has 1 aliphatic carbocycles. The van der Waals surface area contributed by atoms with Crippen molar-refractivity contribution in [3.8, 4) is 0 Å². The highest BCUT2D eigenvalue weighted by Crippen LogP contribution is 2.42. The fourth-order valence-electron chi connectivity index (χ4n) is 2.67. The van der Waals surface area contributed by atoms with E-state index in [-0.39, 0.29) is 5.41 Å². The second-order valence-electron chi connectivity index (χ2n) is 6.29. The molecule has 1 saturated heterocycles. The molecule has 104 valence electrons. The van der Waals surface area contributed by atoms with Gasteiger partial charge in [0.05, 0.1) is 13.2 Å². The quantitative estimate of drug-likeness (QED) is 0.580. The maximum Gasteiger partial charge on any atom is 0.191 e. The minimum atomic E-state index is 0.288. The first kappa shape index (κ1) is 13.7. The van der Waals surface area contributed by atoms with E-state index in [1.54, 1.807) is 0 Å². The summed E-state index contributed by atoms with van der Waals surface area (Å²) in [5.74, 6) is 0.933. The van der Waals surface area contributed by atoms with Gasteiger partial charge in [0.15, 0.2) is 5.96 Å². The van der Waals surface area contributed by atoms with E-state index in [0.29, 0.717) is 5.41 Å². The van der Waals surface area contributed by atoms with Gasteiger partial charge in [0.2, 0.25) is 0 Å². The van der Waals surface area contributed by atoms with Gasteiger partial charge < -0.3 is 15.4 Å². The van der Waals surface area contributed by atoms with E-state index in [1.165, 1.54) is 25.7 Å². The van der Waals surface area contributed by atoms with Gasteiger partial charge in [-0.25, -0.2) is 0 Å². The molecule has 0 amide bonds. The van der Waals surface area contributed by atoms with Crippen LogP contribution in [0, 0.1) is 10.8 Å². The SMILES string of the molecule is CCC1(CNC(=NC)NCC2(C)COC2)CCC1. The highest BCUT2D eigenvalue weighted by atomic mass is 16.5. The van der Waals surface area contributed by atoms with E-state index in [0.717, 1.165) is 32.3 Å². The van der Waals surface area contributed by atoms with Gasteiger partial charge in [0.25, 0.3) is 0 Å². The Hall–Kier alpha value is -0.770. The smallest absolute Gasteiger partial charge is 0.191 e. The fourth-order valence-corrected chi connectivity index (χ4v) is 2.67. The van der Waals surface area contributed by atoms with Crippen LogP contribution in [0.1, 0.15) is 39.5 Å². The first-order chi connectivity index (χ1) is 8.61. The van der Waals surface area contributed by atoms with Crippen LogP contribution >= 0.6 is 0 Å². The van der Waals surface area contributed by atoms with Crippen molar-refractivity contribution in [1.82, 2.24) is 10.6 Å². The maximum atomic E-state index is 5.26. The van der Waals surface area contributed by atoms with Crippen LogP contribution in [-0.2, 0) is 4.74 Å². The molecule has 4 nitrogen and oxygen atoms in total. The van der Waals surface area contributed by atoms with Crippen molar-refractivity contribution in [1.29, 1.82) is 0 Å². The van der Waals surface area contributed by atoms with Gasteiger partial charge in [0, 0.05) is 25.6 Å². The molecule has 0 aromatic heterocycles. The molecule has 1 saturated carbocycles. The lowest BCUT2D eigenvalue weighted by molar-refractivity contribution is -0.0971. The molecule has 0 spiro atoms. The Balaban J connectivity index is 1.72. The summed E-state index contributed by atoms with van der Waals surface area (Å²) in [6.07, 6.45) is 5.37. The molecule has 0 aromatic carbocycles. The average Bonchev–Trinajstić information content (AvgIpc) is 2.29. The molecule has 4 heteroatoms. The summed E-state index contributed by atoms with van der Waals surface area (Å²) < 4.78 is 5.26. The molecule has 0 unspecified atom stereocenters. The summed E-state index contributed by atoms with van der Waals surface area (Å²) in [6, 6.07) is 0. The largest absolute Gasteiger partial charge is 0.380 e. The summed E-state index contributed by atoms with van der Waals surface area (Å²) in [7, 11) is 1.84. The van der Waals surface area contributed by atoms with Crippen LogP contribution in [0.2, 0.25) is 0 Å². The number of nitrogens with zero attached hydrogens (tertiary/aromatic N) is 1. The van der Waals surface area contributed by atoms with Crippen molar-refractivity contribution >= 4 is 5.96 Å². The van der Waals surface area contributed by atoms with Gasteiger partial charge in [-0.2, -0.15) is 0 Å². The van der Waals surface area contributed by atoms with E-state index >= 15 is 0 Å². The third kappa shape index (κ3) is 2.97. The molecule has 0 radical (unpaired) electrons. The van der Waals surface area contributed by atoms with Gasteiger partial charge in [-0.1, -0.05) is 20.3 Å². The predicted octanol–water partition coefficient (Wildman–Crippen LogP) is 1.77. The summed E-state index contributed by atoms with van der Waals surface area (Å²) in [4.78, 5) is 4.30. The van der Waals surface area contributed by atoms with Crippen LogP contribution in [0.25, 0.3) is 0 Å². The van der Waals surface area contributed by atoms with Crippen LogP contribution < -0.4 is 10.6 Å². The second-order valence-corrected chi connectivity index (χ2v) is 6.29. The Morgan fingerprint density at radius 3 is 2.28 bits per heavy atom. The topological polar surface area (TPSA) is 45.7 Å². The lowest BCUT2D eigenvalue weighted by Gasteiger charge is -2.42. The van der Waals surface area contributed by atoms with Crippen LogP contribution in [-0.4, -0.2) is 39.3 Å². The Kier molecular flexibility index (Phi) is 4.15. The zero-order valence-corrected chi connectivity index (χ0v) is 12.0. The van der Waals surface area contributed by atoms with E-state index < -0.39 is 0 Å². The van der Waals surface area contributed by atoms with Gasteiger partial charge in [-0.05, 0) is 24.7 Å². The summed E-state index contributed by atoms with van der Waals surface area (Å²) >= 11 is 0. The van der Waals surface area contributed by atoms with Crippen molar-refractivity contribution in [2.75, 3.05) is 33.4 Å². The van der Waals surface area contributed by atoms with Gasteiger partial charge in [-0.15, -0.1) is 0 Å². The summed E-state index contributed by atoms with van der Waals surface area (Å²) in [5.41, 5.74) is 0.817. The highest BCUT2D eigenvalue weighted by molar-refractivity contribution is 5.79. The molecule has 0 atom stereocenters. The lowest BCUT2D eigenvalue weighted by atomic mass is 9.67. The van der Waals surface area contributed by atoms with Gasteiger partial charge >= 0.3 is 0 Å². The van der Waals surface area contributed by atoms with Crippen LogP contribution in [0.5, 0.6) is 0 Å². The molecule has 2 fully saturated rings. The molecule has 2 rings (SSSR count). The maximum absolute atomic E-state index is 5.26. The van der Waals surface area contributed by atoms with Crippen LogP contribution in [0.15, 0.2) is 4.99 Å². The zero-order chi connectivity index (χ0) is 13.1. The zero-order valence-electron chi connectivity index (χ0n) is 12.0. The molecular weight excluding hydrogens is 226 g/mol. The number of hydrogen-bond acceptors (Lipinski definition) is 2. The molecular formula is C14H27N3O. The number of rotatable bonds is 5. The third-order valence-corrected chi connectivity index (χ3v) is 4.60. The number of guanidine groups is 1. The first-order valence-electron chi connectivity index (χ1n) is 7.14. The van der Waals surface area contributed by atoms with Crippen LogP contribution in [0.4, 0.5) is 0 Å². The van der Waals surface area contributed by atoms with E-state index in [4.69, 9.17) is 4.74 Å². The Labute approximate surface area is 111 Å². The third-order valence-electron chi connectivity index (χ3n) is 4.60. The molecule has 0 aromatic rings. The van der Waals surface area contributed by atoms with Crippen molar-refractivity contribution in [2.24, 2.45) is 15.8 Å². The molecule has 18 heavy (non-hydrogen) atoms. The monoisotopic (exact) mass is 253 g/mol. The minimum absolute atomic E-state index is 0.288. The van der Waals surface area contributed by atoms with E-state index in [2.05, 4.69) is 29.5 Å². The summed E-state index contributed by atoms with van der Waals surface area (Å²) in [5, 5.41) is 6.90. The van der Waals surface area contributed by atoms with E-state index in [9.17, 15) is 0 Å². The molecule has 2 N–H and O–H groups in total. The number of hydrogen-bond donors (Lipinski definition) is 2. The number of ether oxygens (including phenoxy) is 1. The summed E-state index contributed by atoms with van der Waals surface area (Å²) in [6.45, 7) is 8.24. The molecule has 1 heterocycles. The van der Waals surface area contributed by atoms with Gasteiger partial charge in [0.1, 0.15) is 0 Å². The Morgan fingerprint density at radius 1 is 1.22 bits per heavy atom. The van der Waals surface area contributed by atoms with E-state index in [1.807, 2.05) is 7.05 Å². The standard InChI is InChI=1S/C14H27N3O/c1-4-14(6-5-7-14)9-17-12(15-3)16-8-13(2)10-18-11-13/h4-11H2,1-3H3,(H2,15,16,17). The van der Waals surface area contributed by atoms with Crippen LogP contribution in [0.3, 0.4) is 0 Å². The molecule has 2 aliphatic rings. The predicted molar refractivity (Wildman–Crippen MR) is 74.9 cm³/mol.